The second kappa shape index (κ2) is 14.8. The molecule has 0 bridgehead atoms. The maximum absolute atomic E-state index is 5.07. The van der Waals surface area contributed by atoms with Crippen molar-refractivity contribution in [2.75, 3.05) is 0 Å². The lowest BCUT2D eigenvalue weighted by molar-refractivity contribution is 1.01. The summed E-state index contributed by atoms with van der Waals surface area (Å²) in [4.78, 5) is 15.1. The summed E-state index contributed by atoms with van der Waals surface area (Å²) in [5.41, 5.74) is 14.4. The Morgan fingerprint density at radius 3 is 1.69 bits per heavy atom. The first-order valence-corrected chi connectivity index (χ1v) is 21.3. The van der Waals surface area contributed by atoms with Crippen LogP contribution in [0.2, 0.25) is 0 Å². The Morgan fingerprint density at radius 1 is 0.323 bits per heavy atom. The van der Waals surface area contributed by atoms with Crippen molar-refractivity contribution in [3.8, 4) is 56.4 Å². The van der Waals surface area contributed by atoms with Crippen LogP contribution in [0.3, 0.4) is 0 Å². The first-order chi connectivity index (χ1) is 30.7. The van der Waals surface area contributed by atoms with Crippen molar-refractivity contribution in [1.82, 2.24) is 24.1 Å². The summed E-state index contributed by atoms with van der Waals surface area (Å²) in [6, 6.07) is 69.5. The van der Waals surface area contributed by atoms with Crippen LogP contribution in [0, 0.1) is 0 Å². The molecule has 0 fully saturated rings. The quantitative estimate of drug-likeness (QED) is 0.161. The molecule has 5 heteroatoms. The molecule has 8 aromatic carbocycles. The SMILES string of the molecule is C1=CC(c2nc(-c3ccccc3)nc(-c3cccc(-c4ccc5c6cc(-c7ccccc7)ccc6n(-c6ccc7c8ccccc8n(-c8ccccc8)c7c6)c5c4)c3)n2)=CCC1. The van der Waals surface area contributed by atoms with Crippen LogP contribution < -0.4 is 0 Å². The van der Waals surface area contributed by atoms with Gasteiger partial charge in [0.25, 0.3) is 0 Å². The number of para-hydroxylation sites is 2. The average Bonchev–Trinajstić information content (AvgIpc) is 3.86. The van der Waals surface area contributed by atoms with E-state index in [0.717, 1.165) is 63.1 Å². The molecule has 62 heavy (non-hydrogen) atoms. The van der Waals surface area contributed by atoms with Crippen molar-refractivity contribution < 1.29 is 0 Å². The zero-order valence-electron chi connectivity index (χ0n) is 33.9. The Balaban J connectivity index is 1.05. The predicted octanol–water partition coefficient (Wildman–Crippen LogP) is 14.5. The third kappa shape index (κ3) is 6.13. The highest BCUT2D eigenvalue weighted by molar-refractivity contribution is 6.13. The molecule has 11 aromatic rings. The summed E-state index contributed by atoms with van der Waals surface area (Å²) in [5, 5.41) is 4.88. The summed E-state index contributed by atoms with van der Waals surface area (Å²) >= 11 is 0. The fourth-order valence-corrected chi connectivity index (χ4v) is 9.21. The van der Waals surface area contributed by atoms with Crippen molar-refractivity contribution in [3.05, 3.63) is 218 Å². The van der Waals surface area contributed by atoms with Gasteiger partial charge in [-0.25, -0.2) is 15.0 Å². The molecule has 0 radical (unpaired) electrons. The van der Waals surface area contributed by atoms with Gasteiger partial charge in [-0.2, -0.15) is 0 Å². The zero-order chi connectivity index (χ0) is 41.0. The number of aromatic nitrogens is 5. The van der Waals surface area contributed by atoms with Crippen LogP contribution in [0.4, 0.5) is 0 Å². The van der Waals surface area contributed by atoms with Gasteiger partial charge in [0, 0.05) is 49.6 Å². The second-order valence-corrected chi connectivity index (χ2v) is 15.9. The monoisotopic (exact) mass is 793 g/mol. The molecular weight excluding hydrogens is 755 g/mol. The number of fused-ring (bicyclic) bond motifs is 6. The molecule has 3 aromatic heterocycles. The van der Waals surface area contributed by atoms with Gasteiger partial charge in [0.05, 0.1) is 22.1 Å². The van der Waals surface area contributed by atoms with E-state index >= 15 is 0 Å². The summed E-state index contributed by atoms with van der Waals surface area (Å²) in [6.07, 6.45) is 8.55. The van der Waals surface area contributed by atoms with E-state index in [0.29, 0.717) is 17.5 Å². The molecule has 0 saturated heterocycles. The largest absolute Gasteiger partial charge is 0.309 e. The molecule has 1 aliphatic rings. The minimum atomic E-state index is 0.654. The van der Waals surface area contributed by atoms with Gasteiger partial charge in [-0.15, -0.1) is 0 Å². The summed E-state index contributed by atoms with van der Waals surface area (Å²) in [5.74, 6) is 2.01. The minimum absolute atomic E-state index is 0.654. The van der Waals surface area contributed by atoms with Crippen molar-refractivity contribution in [3.63, 3.8) is 0 Å². The van der Waals surface area contributed by atoms with Gasteiger partial charge in [-0.1, -0.05) is 158 Å². The number of hydrogen-bond acceptors (Lipinski definition) is 3. The Morgan fingerprint density at radius 2 is 0.887 bits per heavy atom. The van der Waals surface area contributed by atoms with Crippen LogP contribution in [0.25, 0.3) is 106 Å². The van der Waals surface area contributed by atoms with E-state index in [9.17, 15) is 0 Å². The Kier molecular flexibility index (Phi) is 8.56. The fraction of sp³-hybridized carbons (Fsp3) is 0.0351. The summed E-state index contributed by atoms with van der Waals surface area (Å²) in [7, 11) is 0. The number of benzene rings is 8. The number of rotatable bonds is 7. The molecule has 0 saturated carbocycles. The van der Waals surface area contributed by atoms with Crippen molar-refractivity contribution in [2.24, 2.45) is 0 Å². The van der Waals surface area contributed by atoms with Crippen LogP contribution in [-0.2, 0) is 0 Å². The zero-order valence-corrected chi connectivity index (χ0v) is 33.9. The second-order valence-electron chi connectivity index (χ2n) is 15.9. The van der Waals surface area contributed by atoms with Gasteiger partial charge >= 0.3 is 0 Å². The lowest BCUT2D eigenvalue weighted by atomic mass is 10.00. The Hall–Kier alpha value is -8.15. The van der Waals surface area contributed by atoms with Gasteiger partial charge in [0.2, 0.25) is 0 Å². The molecule has 0 N–H and O–H groups in total. The first kappa shape index (κ1) is 35.8. The maximum atomic E-state index is 5.07. The molecule has 3 heterocycles. The van der Waals surface area contributed by atoms with Gasteiger partial charge in [-0.05, 0) is 89.7 Å². The lowest BCUT2D eigenvalue weighted by Crippen LogP contribution is -2.03. The number of hydrogen-bond donors (Lipinski definition) is 0. The van der Waals surface area contributed by atoms with Gasteiger partial charge in [-0.3, -0.25) is 0 Å². The highest BCUT2D eigenvalue weighted by atomic mass is 15.0. The Labute approximate surface area is 359 Å². The van der Waals surface area contributed by atoms with E-state index in [1.165, 1.54) is 43.7 Å². The van der Waals surface area contributed by atoms with E-state index in [1.807, 2.05) is 18.2 Å². The van der Waals surface area contributed by atoms with Crippen LogP contribution in [-0.4, -0.2) is 24.1 Å². The van der Waals surface area contributed by atoms with E-state index < -0.39 is 0 Å². The molecule has 0 aliphatic heterocycles. The topological polar surface area (TPSA) is 48.5 Å². The number of allylic oxidation sites excluding steroid dienone is 4. The highest BCUT2D eigenvalue weighted by Crippen LogP contribution is 2.40. The van der Waals surface area contributed by atoms with Crippen LogP contribution in [0.5, 0.6) is 0 Å². The summed E-state index contributed by atoms with van der Waals surface area (Å²) in [6.45, 7) is 0. The molecule has 0 amide bonds. The van der Waals surface area contributed by atoms with Crippen molar-refractivity contribution >= 4 is 49.2 Å². The Bertz CT molecular complexity index is 3560. The van der Waals surface area contributed by atoms with E-state index in [-0.39, 0.29) is 0 Å². The lowest BCUT2D eigenvalue weighted by Gasteiger charge is -2.12. The normalized spacial score (nSPS) is 12.7. The van der Waals surface area contributed by atoms with Gasteiger partial charge in [0.1, 0.15) is 0 Å². The van der Waals surface area contributed by atoms with E-state index in [1.54, 1.807) is 0 Å². The highest BCUT2D eigenvalue weighted by Gasteiger charge is 2.19. The molecular formula is C57H39N5. The molecule has 292 valence electrons. The molecule has 1 aliphatic carbocycles. The average molecular weight is 794 g/mol. The van der Waals surface area contributed by atoms with Crippen molar-refractivity contribution in [2.45, 2.75) is 12.8 Å². The van der Waals surface area contributed by atoms with E-state index in [4.69, 9.17) is 15.0 Å². The maximum Gasteiger partial charge on any atom is 0.164 e. The molecule has 5 nitrogen and oxygen atoms in total. The number of nitrogens with zero attached hydrogens (tertiary/aromatic N) is 5. The molecule has 12 rings (SSSR count). The van der Waals surface area contributed by atoms with E-state index in [2.05, 4.69) is 203 Å². The van der Waals surface area contributed by atoms with Gasteiger partial charge in [0.15, 0.2) is 17.5 Å². The summed E-state index contributed by atoms with van der Waals surface area (Å²) < 4.78 is 4.83. The molecule has 0 spiro atoms. The van der Waals surface area contributed by atoms with Crippen LogP contribution in [0.1, 0.15) is 18.7 Å². The van der Waals surface area contributed by atoms with Crippen LogP contribution in [0.15, 0.2) is 212 Å². The molecule has 0 atom stereocenters. The molecule has 0 unspecified atom stereocenters. The van der Waals surface area contributed by atoms with Crippen LogP contribution >= 0.6 is 0 Å². The smallest absolute Gasteiger partial charge is 0.164 e. The van der Waals surface area contributed by atoms with Gasteiger partial charge < -0.3 is 9.13 Å². The predicted molar refractivity (Wildman–Crippen MR) is 257 cm³/mol. The standard InChI is InChI=1S/C57H39N5/c1-5-16-38(17-6-1)42-29-33-52-50(35-42)49-31-28-43(36-53(49)62(52)46-30-32-48-47-26-13-14-27-51(47)61(54(48)37-46)45-24-11-4-12-25-45)41-22-15-23-44(34-41)57-59-55(39-18-7-2-8-19-39)58-56(60-57)40-20-9-3-10-21-40/h1-2,4-9,11-37H,3,10H2. The third-order valence-electron chi connectivity index (χ3n) is 12.2. The first-order valence-electron chi connectivity index (χ1n) is 21.3. The minimum Gasteiger partial charge on any atom is -0.309 e. The fourth-order valence-electron chi connectivity index (χ4n) is 9.21. The third-order valence-corrected chi connectivity index (χ3v) is 12.2. The van der Waals surface area contributed by atoms with Crippen molar-refractivity contribution in [1.29, 1.82) is 0 Å².